The predicted molar refractivity (Wildman–Crippen MR) is 119 cm³/mol. The number of benzene rings is 1. The first-order chi connectivity index (χ1) is 15.5. The summed E-state index contributed by atoms with van der Waals surface area (Å²) in [6.45, 7) is 5.99. The van der Waals surface area contributed by atoms with E-state index in [-0.39, 0.29) is 17.8 Å². The predicted octanol–water partition coefficient (Wildman–Crippen LogP) is 3.78. The normalized spacial score (nSPS) is 17.8. The summed E-state index contributed by atoms with van der Waals surface area (Å²) in [7, 11) is 0. The molecule has 0 radical (unpaired) electrons. The second kappa shape index (κ2) is 7.85. The van der Waals surface area contributed by atoms with E-state index in [9.17, 15) is 9.18 Å². The molecule has 1 unspecified atom stereocenters. The Balaban J connectivity index is 1.47. The Kier molecular flexibility index (Phi) is 5.00. The molecule has 2 aromatic heterocycles. The molecular formula is C24H24FN6O+. The number of carbonyl (C=O) groups excluding carboxylic acids is 1. The number of hydrogen-bond acceptors (Lipinski definition) is 5. The maximum atomic E-state index is 13.4. The largest absolute Gasteiger partial charge is 0.294 e. The second-order valence-electron chi connectivity index (χ2n) is 8.14. The summed E-state index contributed by atoms with van der Waals surface area (Å²) < 4.78 is 17.3. The van der Waals surface area contributed by atoms with E-state index in [4.69, 9.17) is 4.99 Å². The van der Waals surface area contributed by atoms with Crippen LogP contribution in [-0.4, -0.2) is 47.7 Å². The van der Waals surface area contributed by atoms with Crippen LogP contribution in [0.4, 0.5) is 10.1 Å². The Hall–Kier alpha value is -3.55. The number of ketones is 1. The summed E-state index contributed by atoms with van der Waals surface area (Å²) in [4.78, 5) is 25.9. The van der Waals surface area contributed by atoms with Crippen molar-refractivity contribution < 1.29 is 13.8 Å². The van der Waals surface area contributed by atoms with E-state index in [2.05, 4.69) is 26.6 Å². The molecule has 8 heteroatoms. The summed E-state index contributed by atoms with van der Waals surface area (Å²) in [5.74, 6) is 0.555. The highest BCUT2D eigenvalue weighted by Gasteiger charge is 2.33. The molecule has 1 aromatic carbocycles. The minimum atomic E-state index is -0.254. The van der Waals surface area contributed by atoms with Gasteiger partial charge in [0.05, 0.1) is 22.6 Å². The van der Waals surface area contributed by atoms with Gasteiger partial charge in [0.2, 0.25) is 17.6 Å². The maximum absolute atomic E-state index is 13.4. The summed E-state index contributed by atoms with van der Waals surface area (Å²) >= 11 is 0. The number of carbonyl (C=O) groups is 1. The molecule has 32 heavy (non-hydrogen) atoms. The SMILES string of the molecule is CCC1=[N+](c2ccc(F)cc2)C(C)N=C1Cc1cc(-n2nc(C)c3c2CCC3=O)ncn1. The molecule has 3 aromatic rings. The maximum Gasteiger partial charge on any atom is 0.249 e. The fraction of sp³-hybridized carbons (Fsp3) is 0.333. The van der Waals surface area contributed by atoms with Crippen molar-refractivity contribution in [3.8, 4) is 5.82 Å². The van der Waals surface area contributed by atoms with Crippen LogP contribution >= 0.6 is 0 Å². The Morgan fingerprint density at radius 3 is 2.72 bits per heavy atom. The molecule has 3 heterocycles. The van der Waals surface area contributed by atoms with Crippen molar-refractivity contribution in [3.63, 3.8) is 0 Å². The number of nitrogens with zero attached hydrogens (tertiary/aromatic N) is 6. The van der Waals surface area contributed by atoms with Crippen LogP contribution < -0.4 is 0 Å². The average molecular weight is 431 g/mol. The highest BCUT2D eigenvalue weighted by atomic mass is 19.1. The van der Waals surface area contributed by atoms with Gasteiger partial charge in [0.1, 0.15) is 17.9 Å². The zero-order valence-electron chi connectivity index (χ0n) is 18.3. The van der Waals surface area contributed by atoms with Gasteiger partial charge >= 0.3 is 0 Å². The highest BCUT2D eigenvalue weighted by molar-refractivity contribution is 6.41. The van der Waals surface area contributed by atoms with Gasteiger partial charge < -0.3 is 0 Å². The van der Waals surface area contributed by atoms with Gasteiger partial charge in [-0.1, -0.05) is 6.92 Å². The molecule has 0 amide bonds. The summed E-state index contributed by atoms with van der Waals surface area (Å²) in [5, 5.41) is 4.56. The van der Waals surface area contributed by atoms with E-state index < -0.39 is 0 Å². The molecule has 162 valence electrons. The molecule has 7 nitrogen and oxygen atoms in total. The van der Waals surface area contributed by atoms with Crippen molar-refractivity contribution in [2.75, 3.05) is 0 Å². The second-order valence-corrected chi connectivity index (χ2v) is 8.14. The van der Waals surface area contributed by atoms with Crippen molar-refractivity contribution in [1.29, 1.82) is 0 Å². The fourth-order valence-corrected chi connectivity index (χ4v) is 4.70. The molecule has 0 saturated heterocycles. The van der Waals surface area contributed by atoms with Crippen LogP contribution in [0, 0.1) is 12.7 Å². The van der Waals surface area contributed by atoms with Crippen molar-refractivity contribution in [2.24, 2.45) is 4.99 Å². The van der Waals surface area contributed by atoms with Crippen LogP contribution in [0.2, 0.25) is 0 Å². The lowest BCUT2D eigenvalue weighted by atomic mass is 10.1. The van der Waals surface area contributed by atoms with Crippen molar-refractivity contribution >= 4 is 22.9 Å². The summed E-state index contributed by atoms with van der Waals surface area (Å²) in [6, 6.07) is 8.42. The topological polar surface area (TPSA) is 76.0 Å². The monoisotopic (exact) mass is 431 g/mol. The van der Waals surface area contributed by atoms with Gasteiger partial charge in [0.15, 0.2) is 11.6 Å². The highest BCUT2D eigenvalue weighted by Crippen LogP contribution is 2.27. The van der Waals surface area contributed by atoms with E-state index in [0.717, 1.165) is 46.2 Å². The van der Waals surface area contributed by atoms with Gasteiger partial charge in [0, 0.05) is 44.4 Å². The molecule has 0 N–H and O–H groups in total. The number of aromatic nitrogens is 4. The lowest BCUT2D eigenvalue weighted by molar-refractivity contribution is -0.473. The molecule has 0 fully saturated rings. The number of aliphatic imine (C=N–C) groups is 1. The Bertz CT molecular complexity index is 1290. The molecule has 2 aliphatic rings. The number of rotatable bonds is 5. The molecule has 1 atom stereocenters. The summed E-state index contributed by atoms with van der Waals surface area (Å²) in [5.41, 5.74) is 6.22. The molecular weight excluding hydrogens is 407 g/mol. The van der Waals surface area contributed by atoms with Crippen LogP contribution in [-0.2, 0) is 12.8 Å². The molecule has 0 spiro atoms. The van der Waals surface area contributed by atoms with Gasteiger partial charge in [-0.05, 0) is 25.5 Å². The van der Waals surface area contributed by atoms with Crippen LogP contribution in [0.3, 0.4) is 0 Å². The molecule has 0 bridgehead atoms. The number of fused-ring (bicyclic) bond motifs is 1. The number of aryl methyl sites for hydroxylation is 1. The van der Waals surface area contributed by atoms with Crippen LogP contribution in [0.15, 0.2) is 41.7 Å². The van der Waals surface area contributed by atoms with Gasteiger partial charge in [-0.3, -0.25) is 4.79 Å². The van der Waals surface area contributed by atoms with E-state index in [1.54, 1.807) is 16.8 Å². The first-order valence-corrected chi connectivity index (χ1v) is 10.9. The smallest absolute Gasteiger partial charge is 0.249 e. The third kappa shape index (κ3) is 3.36. The van der Waals surface area contributed by atoms with Gasteiger partial charge in [0.25, 0.3) is 0 Å². The van der Waals surface area contributed by atoms with Crippen molar-refractivity contribution in [2.45, 2.75) is 52.6 Å². The average Bonchev–Trinajstić information content (AvgIpc) is 3.42. The van der Waals surface area contributed by atoms with Crippen LogP contribution in [0.25, 0.3) is 5.82 Å². The standard InChI is InChI=1S/C24H24FN6O/c1-4-20-19(28-15(3)30(20)18-7-5-16(25)6-8-18)11-17-12-23(27-13-26-17)31-21-9-10-22(32)24(21)14(2)29-31/h5-8,12-13,15H,4,9-11H2,1-3H3/q+1. The van der Waals surface area contributed by atoms with Crippen LogP contribution in [0.1, 0.15) is 54.1 Å². The number of halogens is 1. The Morgan fingerprint density at radius 1 is 1.19 bits per heavy atom. The third-order valence-corrected chi connectivity index (χ3v) is 6.08. The van der Waals surface area contributed by atoms with Crippen molar-refractivity contribution in [3.05, 3.63) is 65.1 Å². The number of Topliss-reactive ketones (excluding diaryl/α,β-unsaturated/α-hetero) is 1. The van der Waals surface area contributed by atoms with E-state index >= 15 is 0 Å². The minimum absolute atomic E-state index is 0.0743. The molecule has 5 rings (SSSR count). The summed E-state index contributed by atoms with van der Waals surface area (Å²) in [6.07, 6.45) is 4.02. The van der Waals surface area contributed by atoms with Crippen LogP contribution in [0.5, 0.6) is 0 Å². The Labute approximate surface area is 185 Å². The quantitative estimate of drug-likeness (QED) is 0.576. The Morgan fingerprint density at radius 2 is 1.97 bits per heavy atom. The van der Waals surface area contributed by atoms with Gasteiger partial charge in [-0.15, -0.1) is 0 Å². The van der Waals surface area contributed by atoms with E-state index in [0.29, 0.717) is 25.1 Å². The third-order valence-electron chi connectivity index (χ3n) is 6.08. The lowest BCUT2D eigenvalue weighted by Crippen LogP contribution is -2.22. The fourth-order valence-electron chi connectivity index (χ4n) is 4.70. The lowest BCUT2D eigenvalue weighted by Gasteiger charge is -2.07. The number of hydrogen-bond donors (Lipinski definition) is 0. The van der Waals surface area contributed by atoms with Gasteiger partial charge in [-0.2, -0.15) is 9.67 Å². The molecule has 0 saturated carbocycles. The van der Waals surface area contributed by atoms with E-state index in [1.807, 2.05) is 19.9 Å². The molecule has 1 aliphatic heterocycles. The minimum Gasteiger partial charge on any atom is -0.294 e. The zero-order chi connectivity index (χ0) is 22.4. The first kappa shape index (κ1) is 20.4. The first-order valence-electron chi connectivity index (χ1n) is 10.9. The van der Waals surface area contributed by atoms with Crippen molar-refractivity contribution in [1.82, 2.24) is 19.7 Å². The van der Waals surface area contributed by atoms with Gasteiger partial charge in [-0.25, -0.2) is 24.0 Å². The van der Waals surface area contributed by atoms with E-state index in [1.165, 1.54) is 18.5 Å². The molecule has 1 aliphatic carbocycles. The zero-order valence-corrected chi connectivity index (χ0v) is 18.3.